The lowest BCUT2D eigenvalue weighted by Gasteiger charge is -2.21. The monoisotopic (exact) mass is 276 g/mol. The Morgan fingerprint density at radius 3 is 2.42 bits per heavy atom. The van der Waals surface area contributed by atoms with Crippen LogP contribution in [0.5, 0.6) is 0 Å². The summed E-state index contributed by atoms with van der Waals surface area (Å²) in [5.41, 5.74) is 0.281. The molecule has 1 N–H and O–H groups in total. The van der Waals surface area contributed by atoms with Gasteiger partial charge in [-0.25, -0.2) is 0 Å². The summed E-state index contributed by atoms with van der Waals surface area (Å²) in [5.74, 6) is 0. The Labute approximate surface area is 108 Å². The molecule has 1 rings (SSSR count). The summed E-state index contributed by atoms with van der Waals surface area (Å²) < 4.78 is 36.7. The summed E-state index contributed by atoms with van der Waals surface area (Å²) in [6.45, 7) is 3.01. The molecule has 19 heavy (non-hydrogen) atoms. The molecule has 2 unspecified atom stereocenters. The number of benzene rings is 1. The lowest BCUT2D eigenvalue weighted by molar-refractivity contribution is -0.385. The zero-order valence-electron chi connectivity index (χ0n) is 10.6. The topological polar surface area (TPSA) is 55.2 Å². The molecule has 2 atom stereocenters. The summed E-state index contributed by atoms with van der Waals surface area (Å²) in [6, 6.07) is 4.68. The van der Waals surface area contributed by atoms with Gasteiger partial charge in [0.2, 0.25) is 0 Å². The van der Waals surface area contributed by atoms with E-state index in [-0.39, 0.29) is 5.69 Å². The van der Waals surface area contributed by atoms with Crippen LogP contribution >= 0.6 is 0 Å². The van der Waals surface area contributed by atoms with E-state index in [1.165, 1.54) is 25.1 Å². The molecule has 0 aliphatic rings. The molecule has 0 saturated carbocycles. The molecule has 0 aromatic heterocycles. The molecule has 0 heterocycles. The van der Waals surface area contributed by atoms with Crippen LogP contribution < -0.4 is 5.32 Å². The van der Waals surface area contributed by atoms with Crippen molar-refractivity contribution in [1.82, 2.24) is 5.32 Å². The van der Waals surface area contributed by atoms with Crippen molar-refractivity contribution in [3.63, 3.8) is 0 Å². The fourth-order valence-corrected chi connectivity index (χ4v) is 1.94. The van der Waals surface area contributed by atoms with Gasteiger partial charge >= 0.3 is 6.18 Å². The number of nitrogens with one attached hydrogen (secondary N) is 1. The van der Waals surface area contributed by atoms with Crippen molar-refractivity contribution in [2.75, 3.05) is 0 Å². The van der Waals surface area contributed by atoms with Gasteiger partial charge in [-0.05, 0) is 13.8 Å². The van der Waals surface area contributed by atoms with Gasteiger partial charge in [0.1, 0.15) is 0 Å². The zero-order valence-corrected chi connectivity index (χ0v) is 10.6. The van der Waals surface area contributed by atoms with Gasteiger partial charge in [0, 0.05) is 23.7 Å². The van der Waals surface area contributed by atoms with Crippen molar-refractivity contribution in [3.05, 3.63) is 39.9 Å². The number of alkyl halides is 3. The van der Waals surface area contributed by atoms with E-state index >= 15 is 0 Å². The van der Waals surface area contributed by atoms with E-state index in [9.17, 15) is 23.3 Å². The van der Waals surface area contributed by atoms with E-state index in [0.717, 1.165) is 0 Å². The van der Waals surface area contributed by atoms with Crippen molar-refractivity contribution in [2.45, 2.75) is 38.5 Å². The molecule has 0 fully saturated rings. The number of nitro benzene ring substituents is 1. The van der Waals surface area contributed by atoms with Crippen LogP contribution in [-0.2, 0) is 0 Å². The first kappa shape index (κ1) is 15.4. The van der Waals surface area contributed by atoms with Crippen molar-refractivity contribution < 1.29 is 18.1 Å². The minimum absolute atomic E-state index is 0.0956. The SMILES string of the molecule is CC(CC(F)(F)F)NC(C)c1ccccc1[N+](=O)[O-]. The largest absolute Gasteiger partial charge is 0.390 e. The Morgan fingerprint density at radius 2 is 1.89 bits per heavy atom. The second kappa shape index (κ2) is 6.01. The summed E-state index contributed by atoms with van der Waals surface area (Å²) >= 11 is 0. The highest BCUT2D eigenvalue weighted by molar-refractivity contribution is 5.41. The van der Waals surface area contributed by atoms with Gasteiger partial charge in [-0.3, -0.25) is 10.1 Å². The number of para-hydroxylation sites is 1. The normalized spacial score (nSPS) is 15.0. The molecule has 1 aromatic carbocycles. The molecule has 4 nitrogen and oxygen atoms in total. The van der Waals surface area contributed by atoms with Gasteiger partial charge in [0.25, 0.3) is 5.69 Å². The van der Waals surface area contributed by atoms with Crippen LogP contribution in [0.1, 0.15) is 31.9 Å². The van der Waals surface area contributed by atoms with Gasteiger partial charge in [-0.15, -0.1) is 0 Å². The van der Waals surface area contributed by atoms with Crippen LogP contribution in [0.3, 0.4) is 0 Å². The van der Waals surface area contributed by atoms with E-state index in [4.69, 9.17) is 0 Å². The Bertz CT molecular complexity index is 449. The molecule has 7 heteroatoms. The molecule has 0 amide bonds. The van der Waals surface area contributed by atoms with E-state index in [1.54, 1.807) is 13.0 Å². The molecular formula is C12H15F3N2O2. The average Bonchev–Trinajstić information content (AvgIpc) is 2.26. The molecular weight excluding hydrogens is 261 g/mol. The number of halogens is 3. The third-order valence-electron chi connectivity index (χ3n) is 2.67. The highest BCUT2D eigenvalue weighted by atomic mass is 19.4. The summed E-state index contributed by atoms with van der Waals surface area (Å²) in [7, 11) is 0. The van der Waals surface area contributed by atoms with Crippen LogP contribution in [0.4, 0.5) is 18.9 Å². The fourth-order valence-electron chi connectivity index (χ4n) is 1.94. The number of hydrogen-bond acceptors (Lipinski definition) is 3. The highest BCUT2D eigenvalue weighted by Crippen LogP contribution is 2.27. The predicted molar refractivity (Wildman–Crippen MR) is 64.8 cm³/mol. The van der Waals surface area contributed by atoms with Gasteiger partial charge in [0.05, 0.1) is 11.3 Å². The third-order valence-corrected chi connectivity index (χ3v) is 2.67. The minimum atomic E-state index is -4.26. The first-order chi connectivity index (χ1) is 8.70. The highest BCUT2D eigenvalue weighted by Gasteiger charge is 2.31. The van der Waals surface area contributed by atoms with Gasteiger partial charge in [-0.1, -0.05) is 18.2 Å². The molecule has 0 bridgehead atoms. The molecule has 0 aliphatic heterocycles. The molecule has 0 aliphatic carbocycles. The Balaban J connectivity index is 2.78. The van der Waals surface area contributed by atoms with E-state index < -0.39 is 29.6 Å². The van der Waals surface area contributed by atoms with Crippen molar-refractivity contribution in [2.24, 2.45) is 0 Å². The number of nitro groups is 1. The van der Waals surface area contributed by atoms with Crippen LogP contribution in [0.25, 0.3) is 0 Å². The van der Waals surface area contributed by atoms with Gasteiger partial charge < -0.3 is 5.32 Å². The maximum Gasteiger partial charge on any atom is 0.390 e. The first-order valence-corrected chi connectivity index (χ1v) is 5.77. The molecule has 106 valence electrons. The Morgan fingerprint density at radius 1 is 1.32 bits per heavy atom. The minimum Gasteiger partial charge on any atom is -0.307 e. The van der Waals surface area contributed by atoms with Gasteiger partial charge in [-0.2, -0.15) is 13.2 Å². The Hall–Kier alpha value is -1.63. The van der Waals surface area contributed by atoms with Gasteiger partial charge in [0.15, 0.2) is 0 Å². The predicted octanol–water partition coefficient (Wildman–Crippen LogP) is 3.59. The summed E-state index contributed by atoms with van der Waals surface area (Å²) in [4.78, 5) is 10.3. The van der Waals surface area contributed by atoms with Crippen LogP contribution in [0, 0.1) is 10.1 Å². The first-order valence-electron chi connectivity index (χ1n) is 5.77. The second-order valence-electron chi connectivity index (χ2n) is 4.42. The second-order valence-corrected chi connectivity index (χ2v) is 4.42. The third kappa shape index (κ3) is 4.86. The number of hydrogen-bond donors (Lipinski definition) is 1. The van der Waals surface area contributed by atoms with E-state index in [1.807, 2.05) is 0 Å². The quantitative estimate of drug-likeness (QED) is 0.660. The maximum atomic E-state index is 12.2. The molecule has 0 saturated heterocycles. The average molecular weight is 276 g/mol. The smallest absolute Gasteiger partial charge is 0.307 e. The van der Waals surface area contributed by atoms with E-state index in [2.05, 4.69) is 5.32 Å². The van der Waals surface area contributed by atoms with Crippen LogP contribution in [0.15, 0.2) is 24.3 Å². The summed E-state index contributed by atoms with van der Waals surface area (Å²) in [6.07, 6.45) is -5.23. The number of nitrogens with zero attached hydrogens (tertiary/aromatic N) is 1. The van der Waals surface area contributed by atoms with Crippen molar-refractivity contribution >= 4 is 5.69 Å². The van der Waals surface area contributed by atoms with Crippen molar-refractivity contribution in [1.29, 1.82) is 0 Å². The standard InChI is InChI=1S/C12H15F3N2O2/c1-8(7-12(13,14)15)16-9(2)10-5-3-4-6-11(10)17(18)19/h3-6,8-9,16H,7H2,1-2H3. The summed E-state index contributed by atoms with van der Waals surface area (Å²) in [5, 5.41) is 13.6. The fraction of sp³-hybridized carbons (Fsp3) is 0.500. The lowest BCUT2D eigenvalue weighted by atomic mass is 10.0. The van der Waals surface area contributed by atoms with Crippen LogP contribution in [0.2, 0.25) is 0 Å². The van der Waals surface area contributed by atoms with E-state index in [0.29, 0.717) is 5.56 Å². The molecule has 0 spiro atoms. The zero-order chi connectivity index (χ0) is 14.6. The molecule has 1 aromatic rings. The Kier molecular flexibility index (Phi) is 4.88. The molecule has 0 radical (unpaired) electrons. The van der Waals surface area contributed by atoms with Crippen molar-refractivity contribution in [3.8, 4) is 0 Å². The maximum absolute atomic E-state index is 12.2. The number of rotatable bonds is 5. The van der Waals surface area contributed by atoms with Crippen LogP contribution in [-0.4, -0.2) is 17.1 Å². The lowest BCUT2D eigenvalue weighted by Crippen LogP contribution is -2.33.